The van der Waals surface area contributed by atoms with Crippen molar-refractivity contribution in [3.8, 4) is 5.75 Å². The summed E-state index contributed by atoms with van der Waals surface area (Å²) in [5, 5.41) is 29.5. The van der Waals surface area contributed by atoms with Crippen molar-refractivity contribution in [1.82, 2.24) is 4.90 Å². The number of phenols is 1. The van der Waals surface area contributed by atoms with Gasteiger partial charge < -0.3 is 20.2 Å². The zero-order chi connectivity index (χ0) is 15.2. The standard InChI is InChI=1S/C16H21NO4/c1-10-2-3-11(8-12(10)18)15(21)17-6-4-16(5-7-17)13(19)9-14(16)20/h2-3,8,13-14,18-20H,4-7,9H2,1H3/t13-,14+. The molecule has 0 unspecified atom stereocenters. The number of carbonyl (C=O) groups is 1. The number of amides is 1. The quantitative estimate of drug-likeness (QED) is 0.722. The van der Waals surface area contributed by atoms with E-state index >= 15 is 0 Å². The minimum atomic E-state index is -0.451. The number of benzene rings is 1. The summed E-state index contributed by atoms with van der Waals surface area (Å²) in [6.07, 6.45) is 0.791. The molecular weight excluding hydrogens is 270 g/mol. The van der Waals surface area contributed by atoms with Gasteiger partial charge in [-0.25, -0.2) is 0 Å². The Bertz CT molecular complexity index is 553. The van der Waals surface area contributed by atoms with E-state index in [0.717, 1.165) is 5.56 Å². The molecule has 1 spiro atoms. The summed E-state index contributed by atoms with van der Waals surface area (Å²) in [5.41, 5.74) is 0.806. The van der Waals surface area contributed by atoms with Crippen LogP contribution in [0.25, 0.3) is 0 Å². The molecule has 1 saturated carbocycles. The van der Waals surface area contributed by atoms with Crippen LogP contribution in [-0.2, 0) is 0 Å². The Labute approximate surface area is 123 Å². The molecule has 1 aromatic rings. The molecule has 5 heteroatoms. The number of carbonyl (C=O) groups excluding carboxylic acids is 1. The molecule has 1 aromatic carbocycles. The fraction of sp³-hybridized carbons (Fsp3) is 0.562. The summed E-state index contributed by atoms with van der Waals surface area (Å²) in [6.45, 7) is 2.84. The number of hydrogen-bond donors (Lipinski definition) is 3. The van der Waals surface area contributed by atoms with E-state index in [1.54, 1.807) is 24.0 Å². The zero-order valence-corrected chi connectivity index (χ0v) is 12.1. The van der Waals surface area contributed by atoms with E-state index in [9.17, 15) is 20.1 Å². The van der Waals surface area contributed by atoms with E-state index in [1.807, 2.05) is 0 Å². The van der Waals surface area contributed by atoms with Gasteiger partial charge >= 0.3 is 0 Å². The Morgan fingerprint density at radius 3 is 2.38 bits per heavy atom. The lowest BCUT2D eigenvalue weighted by Gasteiger charge is -2.55. The summed E-state index contributed by atoms with van der Waals surface area (Å²) < 4.78 is 0. The normalized spacial score (nSPS) is 27.5. The number of nitrogens with zero attached hydrogens (tertiary/aromatic N) is 1. The molecule has 1 heterocycles. The van der Waals surface area contributed by atoms with Crippen LogP contribution in [-0.4, -0.2) is 51.4 Å². The third-order valence-electron chi connectivity index (χ3n) is 5.21. The minimum Gasteiger partial charge on any atom is -0.508 e. The highest BCUT2D eigenvalue weighted by molar-refractivity contribution is 5.94. The lowest BCUT2D eigenvalue weighted by molar-refractivity contribution is -0.187. The molecule has 3 N–H and O–H groups in total. The van der Waals surface area contributed by atoms with Crippen LogP contribution in [0.1, 0.15) is 35.2 Å². The molecule has 0 aromatic heterocycles. The van der Waals surface area contributed by atoms with Gasteiger partial charge in [-0.1, -0.05) is 6.07 Å². The van der Waals surface area contributed by atoms with Gasteiger partial charge in [0.1, 0.15) is 5.75 Å². The first-order valence-electron chi connectivity index (χ1n) is 7.39. The summed E-state index contributed by atoms with van der Waals surface area (Å²) in [4.78, 5) is 14.2. The maximum absolute atomic E-state index is 12.4. The lowest BCUT2D eigenvalue weighted by Crippen LogP contribution is -2.61. The minimum absolute atomic E-state index is 0.108. The van der Waals surface area contributed by atoms with E-state index in [2.05, 4.69) is 0 Å². The van der Waals surface area contributed by atoms with Crippen LogP contribution >= 0.6 is 0 Å². The van der Waals surface area contributed by atoms with Crippen LogP contribution in [0.4, 0.5) is 0 Å². The molecule has 1 aliphatic carbocycles. The predicted molar refractivity (Wildman–Crippen MR) is 77.0 cm³/mol. The van der Waals surface area contributed by atoms with Gasteiger partial charge in [0, 0.05) is 30.5 Å². The summed E-state index contributed by atoms with van der Waals surface area (Å²) in [6, 6.07) is 4.94. The lowest BCUT2D eigenvalue weighted by atomic mass is 9.58. The number of aryl methyl sites for hydroxylation is 1. The smallest absolute Gasteiger partial charge is 0.253 e. The first kappa shape index (κ1) is 14.4. The largest absolute Gasteiger partial charge is 0.508 e. The summed E-state index contributed by atoms with van der Waals surface area (Å²) in [5.74, 6) is 0.0163. The van der Waals surface area contributed by atoms with Crippen molar-refractivity contribution in [1.29, 1.82) is 0 Å². The number of rotatable bonds is 1. The molecule has 1 aliphatic heterocycles. The van der Waals surface area contributed by atoms with Gasteiger partial charge in [0.2, 0.25) is 0 Å². The van der Waals surface area contributed by atoms with Gasteiger partial charge in [-0.15, -0.1) is 0 Å². The topological polar surface area (TPSA) is 81.0 Å². The molecule has 5 nitrogen and oxygen atoms in total. The third kappa shape index (κ3) is 2.21. The van der Waals surface area contributed by atoms with E-state index < -0.39 is 17.6 Å². The van der Waals surface area contributed by atoms with Crippen LogP contribution in [0.2, 0.25) is 0 Å². The Balaban J connectivity index is 1.69. The molecule has 1 amide bonds. The molecular formula is C16H21NO4. The molecule has 2 fully saturated rings. The number of hydrogen-bond acceptors (Lipinski definition) is 4. The molecule has 1 saturated heterocycles. The van der Waals surface area contributed by atoms with Gasteiger partial charge in [0.05, 0.1) is 12.2 Å². The van der Waals surface area contributed by atoms with Crippen molar-refractivity contribution in [2.75, 3.05) is 13.1 Å². The van der Waals surface area contributed by atoms with Crippen molar-refractivity contribution >= 4 is 5.91 Å². The highest BCUT2D eigenvalue weighted by Gasteiger charge is 2.55. The van der Waals surface area contributed by atoms with E-state index in [1.165, 1.54) is 6.07 Å². The van der Waals surface area contributed by atoms with Crippen molar-refractivity contribution in [3.05, 3.63) is 29.3 Å². The number of aliphatic hydroxyl groups excluding tert-OH is 2. The van der Waals surface area contributed by atoms with Crippen molar-refractivity contribution < 1.29 is 20.1 Å². The maximum Gasteiger partial charge on any atom is 0.253 e. The summed E-state index contributed by atoms with van der Waals surface area (Å²) >= 11 is 0. The second-order valence-electron chi connectivity index (χ2n) is 6.29. The van der Waals surface area contributed by atoms with Gasteiger partial charge in [-0.3, -0.25) is 4.79 Å². The van der Waals surface area contributed by atoms with Gasteiger partial charge in [-0.2, -0.15) is 0 Å². The van der Waals surface area contributed by atoms with Crippen LogP contribution < -0.4 is 0 Å². The molecule has 2 aliphatic rings. The fourth-order valence-electron chi connectivity index (χ4n) is 3.46. The van der Waals surface area contributed by atoms with Gasteiger partial charge in [-0.05, 0) is 37.5 Å². The van der Waals surface area contributed by atoms with Crippen LogP contribution in [0.3, 0.4) is 0 Å². The Morgan fingerprint density at radius 1 is 1.24 bits per heavy atom. The van der Waals surface area contributed by atoms with Gasteiger partial charge in [0.25, 0.3) is 5.91 Å². The van der Waals surface area contributed by atoms with Crippen molar-refractivity contribution in [2.45, 2.75) is 38.4 Å². The third-order valence-corrected chi connectivity index (χ3v) is 5.21. The van der Waals surface area contributed by atoms with E-state index in [4.69, 9.17) is 0 Å². The molecule has 2 atom stereocenters. The highest BCUT2D eigenvalue weighted by atomic mass is 16.3. The SMILES string of the molecule is Cc1ccc(C(=O)N2CCC3(CC2)[C@H](O)C[C@@H]3O)cc1O. The highest BCUT2D eigenvalue weighted by Crippen LogP contribution is 2.49. The van der Waals surface area contributed by atoms with Crippen LogP contribution in [0.5, 0.6) is 5.75 Å². The molecule has 3 rings (SSSR count). The van der Waals surface area contributed by atoms with Gasteiger partial charge in [0.15, 0.2) is 0 Å². The zero-order valence-electron chi connectivity index (χ0n) is 12.1. The fourth-order valence-corrected chi connectivity index (χ4v) is 3.46. The van der Waals surface area contributed by atoms with E-state index in [0.29, 0.717) is 37.9 Å². The molecule has 21 heavy (non-hydrogen) atoms. The first-order valence-corrected chi connectivity index (χ1v) is 7.39. The second-order valence-corrected chi connectivity index (χ2v) is 6.29. The average molecular weight is 291 g/mol. The van der Waals surface area contributed by atoms with E-state index in [-0.39, 0.29) is 11.7 Å². The number of likely N-dealkylation sites (tertiary alicyclic amines) is 1. The number of aromatic hydroxyl groups is 1. The molecule has 114 valence electrons. The summed E-state index contributed by atoms with van der Waals surface area (Å²) in [7, 11) is 0. The Hall–Kier alpha value is -1.59. The number of piperidine rings is 1. The molecule has 0 radical (unpaired) electrons. The second kappa shape index (κ2) is 5.00. The maximum atomic E-state index is 12.4. The van der Waals surface area contributed by atoms with Crippen molar-refractivity contribution in [2.24, 2.45) is 5.41 Å². The number of aliphatic hydroxyl groups is 2. The van der Waals surface area contributed by atoms with Crippen LogP contribution in [0.15, 0.2) is 18.2 Å². The molecule has 0 bridgehead atoms. The Morgan fingerprint density at radius 2 is 1.86 bits per heavy atom. The monoisotopic (exact) mass is 291 g/mol. The average Bonchev–Trinajstić information content (AvgIpc) is 2.50. The number of phenolic OH excluding ortho intramolecular Hbond substituents is 1. The van der Waals surface area contributed by atoms with Crippen molar-refractivity contribution in [3.63, 3.8) is 0 Å². The van der Waals surface area contributed by atoms with Crippen LogP contribution in [0, 0.1) is 12.3 Å². The Kier molecular flexibility index (Phi) is 3.42. The predicted octanol–water partition coefficient (Wildman–Crippen LogP) is 1.05. The first-order chi connectivity index (χ1) is 9.94.